The molecule has 0 aromatic rings. The largest absolute Gasteiger partial charge is 0.628 e. The highest BCUT2D eigenvalue weighted by Crippen LogP contribution is 2.59. The Labute approximate surface area is 116 Å². The van der Waals surface area contributed by atoms with Crippen molar-refractivity contribution >= 4 is 7.60 Å². The minimum atomic E-state index is -3.41. The molecule has 2 unspecified atom stereocenters. The second kappa shape index (κ2) is 7.55. The second-order valence-corrected chi connectivity index (χ2v) is 7.61. The van der Waals surface area contributed by atoms with Crippen molar-refractivity contribution in [2.45, 2.75) is 58.2 Å². The van der Waals surface area contributed by atoms with Crippen molar-refractivity contribution in [3.05, 3.63) is 17.5 Å². The Morgan fingerprint density at radius 2 is 1.79 bits per heavy atom. The average Bonchev–Trinajstić information content (AvgIpc) is 2.72. The SMILES string of the molecule is CCCCOP(=O)(OCCCC)C1(C)CC=C[NH+]1[O-]. The van der Waals surface area contributed by atoms with E-state index in [-0.39, 0.29) is 5.06 Å². The number of rotatable bonds is 9. The lowest BCUT2D eigenvalue weighted by atomic mass is 10.3. The number of hydrogen-bond acceptors (Lipinski definition) is 4. The van der Waals surface area contributed by atoms with E-state index in [0.717, 1.165) is 25.7 Å². The average molecular weight is 291 g/mol. The first-order valence-corrected chi connectivity index (χ1v) is 8.64. The van der Waals surface area contributed by atoms with Crippen LogP contribution in [0.15, 0.2) is 12.3 Å². The molecule has 0 fully saturated rings. The molecule has 0 amide bonds. The van der Waals surface area contributed by atoms with Gasteiger partial charge in [0.25, 0.3) is 0 Å². The van der Waals surface area contributed by atoms with Crippen LogP contribution in [0.4, 0.5) is 0 Å². The molecule has 0 aromatic heterocycles. The lowest BCUT2D eigenvalue weighted by molar-refractivity contribution is -0.827. The van der Waals surface area contributed by atoms with Crippen LogP contribution < -0.4 is 5.06 Å². The van der Waals surface area contributed by atoms with Crippen molar-refractivity contribution in [1.29, 1.82) is 0 Å². The molecule has 0 bridgehead atoms. The Bertz CT molecular complexity index is 334. The van der Waals surface area contributed by atoms with Crippen molar-refractivity contribution in [3.8, 4) is 0 Å². The van der Waals surface area contributed by atoms with Crippen LogP contribution in [0.5, 0.6) is 0 Å². The van der Waals surface area contributed by atoms with Crippen molar-refractivity contribution in [2.24, 2.45) is 0 Å². The maximum absolute atomic E-state index is 13.0. The van der Waals surface area contributed by atoms with Crippen molar-refractivity contribution in [2.75, 3.05) is 13.2 Å². The molecule has 2 atom stereocenters. The molecular weight excluding hydrogens is 265 g/mol. The van der Waals surface area contributed by atoms with Gasteiger partial charge in [-0.3, -0.25) is 4.57 Å². The minimum Gasteiger partial charge on any atom is -0.628 e. The first-order chi connectivity index (χ1) is 9.00. The maximum atomic E-state index is 13.0. The molecule has 6 heteroatoms. The van der Waals surface area contributed by atoms with Gasteiger partial charge in [0, 0.05) is 13.3 Å². The summed E-state index contributed by atoms with van der Waals surface area (Å²) in [6, 6.07) is 0. The molecule has 0 aliphatic carbocycles. The molecule has 1 heterocycles. The van der Waals surface area contributed by atoms with E-state index < -0.39 is 12.9 Å². The first-order valence-electron chi connectivity index (χ1n) is 7.10. The van der Waals surface area contributed by atoms with Crippen LogP contribution in [-0.2, 0) is 13.6 Å². The van der Waals surface area contributed by atoms with Gasteiger partial charge in [0.05, 0.1) is 19.4 Å². The topological polar surface area (TPSA) is 63.0 Å². The molecule has 1 N–H and O–H groups in total. The van der Waals surface area contributed by atoms with Crippen LogP contribution in [0.3, 0.4) is 0 Å². The molecular formula is C13H26NO4P. The van der Waals surface area contributed by atoms with Gasteiger partial charge in [-0.15, -0.1) is 0 Å². The summed E-state index contributed by atoms with van der Waals surface area (Å²) >= 11 is 0. The van der Waals surface area contributed by atoms with Crippen LogP contribution in [0.2, 0.25) is 0 Å². The Kier molecular flexibility index (Phi) is 6.71. The van der Waals surface area contributed by atoms with E-state index in [1.807, 2.05) is 13.8 Å². The third-order valence-corrected chi connectivity index (χ3v) is 6.09. The Hall–Kier alpha value is -0.190. The van der Waals surface area contributed by atoms with E-state index in [0.29, 0.717) is 19.6 Å². The molecule has 1 aliphatic heterocycles. The molecule has 0 saturated carbocycles. The molecule has 5 nitrogen and oxygen atoms in total. The summed E-state index contributed by atoms with van der Waals surface area (Å²) in [6.07, 6.45) is 7.22. The summed E-state index contributed by atoms with van der Waals surface area (Å²) in [4.78, 5) is 0. The van der Waals surface area contributed by atoms with Crippen LogP contribution in [0, 0.1) is 5.21 Å². The second-order valence-electron chi connectivity index (χ2n) is 5.12. The van der Waals surface area contributed by atoms with E-state index in [4.69, 9.17) is 9.05 Å². The van der Waals surface area contributed by atoms with Crippen LogP contribution >= 0.6 is 7.60 Å². The number of hydrogen-bond donors (Lipinski definition) is 1. The quantitative estimate of drug-likeness (QED) is 0.403. The van der Waals surface area contributed by atoms with Crippen LogP contribution in [0.1, 0.15) is 52.9 Å². The Morgan fingerprint density at radius 3 is 2.16 bits per heavy atom. The maximum Gasteiger partial charge on any atom is 0.391 e. The van der Waals surface area contributed by atoms with Gasteiger partial charge in [-0.25, -0.2) is 0 Å². The van der Waals surface area contributed by atoms with Gasteiger partial charge in [0.1, 0.15) is 0 Å². The zero-order valence-electron chi connectivity index (χ0n) is 12.2. The zero-order chi connectivity index (χ0) is 14.4. The standard InChI is InChI=1S/C13H26NO4P/c1-4-6-11-17-19(16,18-12-7-5-2)13(3)9-8-10-14(13)15/h8,10,14H,4-7,9,11-12H2,1-3H3. The minimum absolute atomic E-state index is 0.149. The van der Waals surface area contributed by atoms with Gasteiger partial charge in [-0.05, 0) is 18.9 Å². The number of nitrogens with one attached hydrogen (secondary N) is 1. The van der Waals surface area contributed by atoms with Gasteiger partial charge >= 0.3 is 7.60 Å². The van der Waals surface area contributed by atoms with Crippen LogP contribution in [0.25, 0.3) is 0 Å². The zero-order valence-corrected chi connectivity index (χ0v) is 13.1. The molecule has 0 aromatic carbocycles. The summed E-state index contributed by atoms with van der Waals surface area (Å²) in [6.45, 7) is 6.52. The number of unbranched alkanes of at least 4 members (excludes halogenated alkanes) is 2. The summed E-state index contributed by atoms with van der Waals surface area (Å²) in [5, 5.41) is 10.8. The van der Waals surface area contributed by atoms with Gasteiger partial charge in [-0.1, -0.05) is 26.7 Å². The Balaban J connectivity index is 2.75. The lowest BCUT2D eigenvalue weighted by Gasteiger charge is -2.38. The fraction of sp³-hybridized carbons (Fsp3) is 0.846. The molecule has 0 spiro atoms. The molecule has 0 radical (unpaired) electrons. The molecule has 1 aliphatic rings. The first kappa shape index (κ1) is 16.9. The van der Waals surface area contributed by atoms with E-state index in [9.17, 15) is 9.77 Å². The normalized spacial score (nSPS) is 27.1. The highest BCUT2D eigenvalue weighted by molar-refractivity contribution is 7.55. The predicted octanol–water partition coefficient (Wildman–Crippen LogP) is 2.83. The van der Waals surface area contributed by atoms with Gasteiger partial charge in [-0.2, -0.15) is 0 Å². The Morgan fingerprint density at radius 1 is 1.26 bits per heavy atom. The third kappa shape index (κ3) is 3.89. The molecule has 0 saturated heterocycles. The van der Waals surface area contributed by atoms with E-state index in [2.05, 4.69) is 0 Å². The smallest absolute Gasteiger partial charge is 0.391 e. The fourth-order valence-corrected chi connectivity index (χ4v) is 3.96. The van der Waals surface area contributed by atoms with E-state index in [1.54, 1.807) is 13.0 Å². The molecule has 1 rings (SSSR count). The molecule has 19 heavy (non-hydrogen) atoms. The summed E-state index contributed by atoms with van der Waals surface area (Å²) in [5.74, 6) is 0. The van der Waals surface area contributed by atoms with Crippen molar-refractivity contribution < 1.29 is 18.7 Å². The number of quaternary nitrogens is 1. The monoisotopic (exact) mass is 291 g/mol. The van der Waals surface area contributed by atoms with E-state index >= 15 is 0 Å². The summed E-state index contributed by atoms with van der Waals surface area (Å²) < 4.78 is 24.1. The van der Waals surface area contributed by atoms with Gasteiger partial charge in [0.2, 0.25) is 5.28 Å². The number of hydroxylamine groups is 2. The van der Waals surface area contributed by atoms with Crippen LogP contribution in [-0.4, -0.2) is 18.5 Å². The summed E-state index contributed by atoms with van der Waals surface area (Å²) in [5.41, 5.74) is 0. The van der Waals surface area contributed by atoms with Gasteiger partial charge in [0.15, 0.2) is 0 Å². The predicted molar refractivity (Wildman–Crippen MR) is 75.8 cm³/mol. The van der Waals surface area contributed by atoms with E-state index in [1.165, 1.54) is 6.20 Å². The molecule has 112 valence electrons. The fourth-order valence-electron chi connectivity index (χ4n) is 1.90. The highest BCUT2D eigenvalue weighted by Gasteiger charge is 2.54. The summed E-state index contributed by atoms with van der Waals surface area (Å²) in [7, 11) is -3.41. The van der Waals surface area contributed by atoms with Crippen molar-refractivity contribution in [1.82, 2.24) is 0 Å². The lowest BCUT2D eigenvalue weighted by Crippen LogP contribution is -3.09. The third-order valence-electron chi connectivity index (χ3n) is 3.44. The van der Waals surface area contributed by atoms with Crippen molar-refractivity contribution in [3.63, 3.8) is 0 Å². The highest BCUT2D eigenvalue weighted by atomic mass is 31.2. The van der Waals surface area contributed by atoms with Gasteiger partial charge < -0.3 is 19.3 Å².